The zero-order chi connectivity index (χ0) is 22.5. The molecule has 2 aliphatic rings. The van der Waals surface area contributed by atoms with Crippen LogP contribution in [0.3, 0.4) is 0 Å². The van der Waals surface area contributed by atoms with Gasteiger partial charge >= 0.3 is 0 Å². The zero-order valence-electron chi connectivity index (χ0n) is 18.0. The minimum absolute atomic E-state index is 0.0404. The van der Waals surface area contributed by atoms with Crippen molar-refractivity contribution in [3.8, 4) is 28.7 Å². The summed E-state index contributed by atoms with van der Waals surface area (Å²) in [6.07, 6.45) is 5.28. The zero-order valence-corrected chi connectivity index (χ0v) is 18.0. The summed E-state index contributed by atoms with van der Waals surface area (Å²) in [6, 6.07) is 4.45. The fourth-order valence-corrected chi connectivity index (χ4v) is 3.89. The molecular formula is C25H26O6. The molecule has 4 rings (SSSR count). The van der Waals surface area contributed by atoms with Gasteiger partial charge in [0.1, 0.15) is 46.0 Å². The van der Waals surface area contributed by atoms with E-state index in [4.69, 9.17) is 9.47 Å². The second-order valence-corrected chi connectivity index (χ2v) is 8.80. The first-order valence-electron chi connectivity index (χ1n) is 10.2. The van der Waals surface area contributed by atoms with Gasteiger partial charge in [0.15, 0.2) is 5.78 Å². The van der Waals surface area contributed by atoms with Crippen LogP contribution in [-0.2, 0) is 6.42 Å². The summed E-state index contributed by atoms with van der Waals surface area (Å²) >= 11 is 0. The number of fused-ring (bicyclic) bond motifs is 2. The quantitative estimate of drug-likeness (QED) is 0.588. The Balaban J connectivity index is 1.78. The Bertz CT molecular complexity index is 1140. The van der Waals surface area contributed by atoms with Crippen LogP contribution in [0.5, 0.6) is 28.7 Å². The monoisotopic (exact) mass is 422 g/mol. The van der Waals surface area contributed by atoms with Crippen molar-refractivity contribution in [3.05, 3.63) is 58.2 Å². The third kappa shape index (κ3) is 3.85. The fraction of sp³-hybridized carbons (Fsp3) is 0.320. The number of hydrogen-bond donors (Lipinski definition) is 3. The molecule has 162 valence electrons. The van der Waals surface area contributed by atoms with E-state index < -0.39 is 11.7 Å². The summed E-state index contributed by atoms with van der Waals surface area (Å²) in [7, 11) is 0. The molecule has 0 aliphatic carbocycles. The van der Waals surface area contributed by atoms with Crippen molar-refractivity contribution in [2.75, 3.05) is 0 Å². The highest BCUT2D eigenvalue weighted by Gasteiger charge is 2.35. The van der Waals surface area contributed by atoms with Gasteiger partial charge in [-0.05, 0) is 46.3 Å². The summed E-state index contributed by atoms with van der Waals surface area (Å²) in [5.41, 5.74) is 2.27. The van der Waals surface area contributed by atoms with E-state index in [2.05, 4.69) is 0 Å². The van der Waals surface area contributed by atoms with Crippen molar-refractivity contribution < 1.29 is 29.6 Å². The molecule has 0 aromatic heterocycles. The van der Waals surface area contributed by atoms with E-state index in [1.807, 2.05) is 45.9 Å². The predicted octanol–water partition coefficient (Wildman–Crippen LogP) is 5.20. The Morgan fingerprint density at radius 3 is 2.58 bits per heavy atom. The maximum Gasteiger partial charge on any atom is 0.174 e. The van der Waals surface area contributed by atoms with Crippen LogP contribution in [0.4, 0.5) is 0 Å². The molecule has 2 aliphatic heterocycles. The van der Waals surface area contributed by atoms with Gasteiger partial charge in [-0.2, -0.15) is 0 Å². The lowest BCUT2D eigenvalue weighted by atomic mass is 9.90. The number of aromatic hydroxyl groups is 3. The first kappa shape index (κ1) is 20.8. The Kier molecular flexibility index (Phi) is 4.96. The molecule has 31 heavy (non-hydrogen) atoms. The van der Waals surface area contributed by atoms with Crippen molar-refractivity contribution >= 4 is 11.9 Å². The second kappa shape index (κ2) is 7.38. The Hall–Kier alpha value is -3.41. The normalized spacial score (nSPS) is 18.5. The first-order chi connectivity index (χ1) is 14.6. The predicted molar refractivity (Wildman–Crippen MR) is 117 cm³/mol. The highest BCUT2D eigenvalue weighted by atomic mass is 16.5. The largest absolute Gasteiger partial charge is 0.507 e. The molecule has 6 heteroatoms. The molecule has 0 unspecified atom stereocenters. The molecule has 2 aromatic carbocycles. The van der Waals surface area contributed by atoms with Crippen LogP contribution >= 0.6 is 0 Å². The maximum absolute atomic E-state index is 12.9. The smallest absolute Gasteiger partial charge is 0.174 e. The molecule has 0 amide bonds. The SMILES string of the molecule is CC(C)=CCc1c(O)cc(O)c2c1O[C@H](c1cc3c(cc1O)OC(C)(C)C=C3)CC2=O. The van der Waals surface area contributed by atoms with Crippen LogP contribution in [0.2, 0.25) is 0 Å². The van der Waals surface area contributed by atoms with Gasteiger partial charge in [-0.3, -0.25) is 4.79 Å². The molecule has 0 saturated carbocycles. The van der Waals surface area contributed by atoms with E-state index >= 15 is 0 Å². The van der Waals surface area contributed by atoms with Crippen molar-refractivity contribution in [1.29, 1.82) is 0 Å². The number of allylic oxidation sites excluding steroid dienone is 2. The Morgan fingerprint density at radius 2 is 1.87 bits per heavy atom. The molecule has 0 radical (unpaired) electrons. The molecule has 2 heterocycles. The lowest BCUT2D eigenvalue weighted by molar-refractivity contribution is 0.0839. The molecular weight excluding hydrogens is 396 g/mol. The average molecular weight is 422 g/mol. The van der Waals surface area contributed by atoms with Gasteiger partial charge in [0.25, 0.3) is 0 Å². The number of rotatable bonds is 3. The third-order valence-electron chi connectivity index (χ3n) is 5.51. The van der Waals surface area contributed by atoms with Crippen LogP contribution in [0.15, 0.2) is 35.9 Å². The first-order valence-corrected chi connectivity index (χ1v) is 10.2. The van der Waals surface area contributed by atoms with Gasteiger partial charge in [0.2, 0.25) is 0 Å². The number of phenols is 3. The number of phenolic OH excluding ortho intramolecular Hbond substituents is 3. The summed E-state index contributed by atoms with van der Waals surface area (Å²) in [6.45, 7) is 7.70. The molecule has 6 nitrogen and oxygen atoms in total. The lowest BCUT2D eigenvalue weighted by Gasteiger charge is -2.31. The van der Waals surface area contributed by atoms with Gasteiger partial charge < -0.3 is 24.8 Å². The van der Waals surface area contributed by atoms with Crippen LogP contribution in [0.1, 0.15) is 67.3 Å². The van der Waals surface area contributed by atoms with Crippen molar-refractivity contribution in [2.45, 2.75) is 52.2 Å². The van der Waals surface area contributed by atoms with E-state index in [0.717, 1.165) is 11.1 Å². The number of Topliss-reactive ketones (excluding diaryl/α,β-unsaturated/α-hetero) is 1. The van der Waals surface area contributed by atoms with E-state index in [0.29, 0.717) is 23.3 Å². The second-order valence-electron chi connectivity index (χ2n) is 8.80. The number of hydrogen-bond acceptors (Lipinski definition) is 6. The van der Waals surface area contributed by atoms with E-state index in [-0.39, 0.29) is 40.8 Å². The molecule has 0 spiro atoms. The van der Waals surface area contributed by atoms with E-state index in [1.165, 1.54) is 12.1 Å². The van der Waals surface area contributed by atoms with Gasteiger partial charge in [0.05, 0.1) is 6.42 Å². The number of ether oxygens (including phenoxy) is 2. The molecule has 3 N–H and O–H groups in total. The third-order valence-corrected chi connectivity index (χ3v) is 5.51. The van der Waals surface area contributed by atoms with Crippen LogP contribution in [0, 0.1) is 0 Å². The molecule has 2 aromatic rings. The summed E-state index contributed by atoms with van der Waals surface area (Å²) in [5.74, 6) is -0.105. The van der Waals surface area contributed by atoms with Gasteiger partial charge in [0, 0.05) is 28.8 Å². The van der Waals surface area contributed by atoms with Crippen molar-refractivity contribution in [3.63, 3.8) is 0 Å². The van der Waals surface area contributed by atoms with Gasteiger partial charge in [-0.25, -0.2) is 0 Å². The maximum atomic E-state index is 12.9. The Morgan fingerprint density at radius 1 is 1.13 bits per heavy atom. The average Bonchev–Trinajstić information content (AvgIpc) is 2.65. The highest BCUT2D eigenvalue weighted by Crippen LogP contribution is 2.47. The molecule has 0 saturated heterocycles. The molecule has 0 bridgehead atoms. The highest BCUT2D eigenvalue weighted by molar-refractivity contribution is 6.03. The van der Waals surface area contributed by atoms with Crippen LogP contribution in [-0.4, -0.2) is 26.7 Å². The summed E-state index contributed by atoms with van der Waals surface area (Å²) in [4.78, 5) is 12.9. The van der Waals surface area contributed by atoms with Crippen LogP contribution in [0.25, 0.3) is 6.08 Å². The standard InChI is InChI=1S/C25H26O6/c1-13(2)5-6-15-17(26)10-19(28)23-20(29)12-22(30-24(15)23)16-9-14-7-8-25(3,4)31-21(14)11-18(16)27/h5,7-11,22,26-28H,6,12H2,1-4H3/t22-/m0/s1. The minimum atomic E-state index is -0.764. The van der Waals surface area contributed by atoms with Crippen LogP contribution < -0.4 is 9.47 Å². The van der Waals surface area contributed by atoms with E-state index in [1.54, 1.807) is 6.07 Å². The Labute approximate surface area is 181 Å². The van der Waals surface area contributed by atoms with Crippen molar-refractivity contribution in [2.24, 2.45) is 0 Å². The number of carbonyl (C=O) groups is 1. The lowest BCUT2D eigenvalue weighted by Crippen LogP contribution is -2.27. The molecule has 1 atom stereocenters. The summed E-state index contributed by atoms with van der Waals surface area (Å²) in [5, 5.41) is 31.4. The number of ketones is 1. The van der Waals surface area contributed by atoms with Crippen molar-refractivity contribution in [1.82, 2.24) is 0 Å². The summed E-state index contributed by atoms with van der Waals surface area (Å²) < 4.78 is 12.0. The number of carbonyl (C=O) groups excluding carboxylic acids is 1. The minimum Gasteiger partial charge on any atom is -0.507 e. The molecule has 0 fully saturated rings. The van der Waals surface area contributed by atoms with Gasteiger partial charge in [-0.15, -0.1) is 0 Å². The topological polar surface area (TPSA) is 96.2 Å². The van der Waals surface area contributed by atoms with E-state index in [9.17, 15) is 20.1 Å². The fourth-order valence-electron chi connectivity index (χ4n) is 3.89. The number of benzene rings is 2. The van der Waals surface area contributed by atoms with Gasteiger partial charge in [-0.1, -0.05) is 17.7 Å².